The van der Waals surface area contributed by atoms with Gasteiger partial charge in [0.15, 0.2) is 5.82 Å². The molecule has 0 bridgehead atoms. The predicted octanol–water partition coefficient (Wildman–Crippen LogP) is -0.978. The van der Waals surface area contributed by atoms with Gasteiger partial charge < -0.3 is 5.73 Å². The van der Waals surface area contributed by atoms with Gasteiger partial charge in [-0.05, 0) is 13.8 Å². The highest BCUT2D eigenvalue weighted by Crippen LogP contribution is 2.21. The number of nitrogens with two attached hydrogens (primary N) is 1. The van der Waals surface area contributed by atoms with E-state index in [1.807, 2.05) is 0 Å². The lowest BCUT2D eigenvalue weighted by Gasteiger charge is -2.13. The number of aryl methyl sites for hydroxylation is 1. The van der Waals surface area contributed by atoms with Gasteiger partial charge in [-0.15, -0.1) is 0 Å². The summed E-state index contributed by atoms with van der Waals surface area (Å²) in [5, 5.41) is 3.82. The Morgan fingerprint density at radius 1 is 1.37 bits per heavy atom. The maximum absolute atomic E-state index is 12.1. The number of aromatic nitrogens is 2. The summed E-state index contributed by atoms with van der Waals surface area (Å²) in [7, 11) is -5.59. The summed E-state index contributed by atoms with van der Waals surface area (Å²) in [6.45, 7) is 3.04. The van der Waals surface area contributed by atoms with Gasteiger partial charge in [-0.3, -0.25) is 4.68 Å². The van der Waals surface area contributed by atoms with Crippen LogP contribution in [-0.2, 0) is 26.9 Å². The van der Waals surface area contributed by atoms with Crippen LogP contribution in [0.5, 0.6) is 0 Å². The molecule has 0 saturated heterocycles. The van der Waals surface area contributed by atoms with Gasteiger partial charge in [0.2, 0.25) is 10.0 Å². The Balaban J connectivity index is 3.06. The molecular weight excluding hydrogens is 292 g/mol. The fourth-order valence-electron chi connectivity index (χ4n) is 1.76. The van der Waals surface area contributed by atoms with Crippen LogP contribution < -0.4 is 10.5 Å². The monoisotopic (exact) mass is 310 g/mol. The average molecular weight is 310 g/mol. The molecule has 0 aliphatic carbocycles. The molecule has 1 rings (SSSR count). The van der Waals surface area contributed by atoms with E-state index >= 15 is 0 Å². The lowest BCUT2D eigenvalue weighted by molar-refractivity contribution is 0.564. The number of anilines is 1. The van der Waals surface area contributed by atoms with Crippen molar-refractivity contribution in [2.45, 2.75) is 24.8 Å². The van der Waals surface area contributed by atoms with E-state index in [2.05, 4.69) is 9.82 Å². The van der Waals surface area contributed by atoms with Gasteiger partial charge in [0, 0.05) is 19.3 Å². The van der Waals surface area contributed by atoms with Gasteiger partial charge >= 0.3 is 0 Å². The molecule has 1 atom stereocenters. The van der Waals surface area contributed by atoms with Crippen LogP contribution in [0.1, 0.15) is 12.6 Å². The Labute approximate surface area is 113 Å². The first-order valence-corrected chi connectivity index (χ1v) is 8.97. The number of nitrogen functional groups attached to an aromatic ring is 1. The molecule has 0 fully saturated rings. The first kappa shape index (κ1) is 15.9. The third-order valence-electron chi connectivity index (χ3n) is 2.48. The minimum Gasteiger partial charge on any atom is -0.381 e. The molecule has 0 aromatic carbocycles. The minimum atomic E-state index is -3.90. The van der Waals surface area contributed by atoms with Crippen molar-refractivity contribution in [1.29, 1.82) is 0 Å². The van der Waals surface area contributed by atoms with E-state index in [0.717, 1.165) is 6.26 Å². The first-order valence-electron chi connectivity index (χ1n) is 5.43. The molecular formula is C9H18N4O4S2. The average Bonchev–Trinajstić information content (AvgIpc) is 2.35. The molecule has 0 amide bonds. The molecule has 8 nitrogen and oxygen atoms in total. The minimum absolute atomic E-state index is 0.112. The maximum atomic E-state index is 12.1. The lowest BCUT2D eigenvalue weighted by Crippen LogP contribution is -2.37. The number of nitrogens with zero attached hydrogens (tertiary/aromatic N) is 2. The van der Waals surface area contributed by atoms with Gasteiger partial charge in [0.1, 0.15) is 14.7 Å². The van der Waals surface area contributed by atoms with E-state index < -0.39 is 25.9 Å². The zero-order valence-corrected chi connectivity index (χ0v) is 12.8. The molecule has 1 aromatic rings. The van der Waals surface area contributed by atoms with E-state index in [1.54, 1.807) is 14.0 Å². The summed E-state index contributed by atoms with van der Waals surface area (Å²) in [4.78, 5) is -0.115. The van der Waals surface area contributed by atoms with Crippen LogP contribution in [0.3, 0.4) is 0 Å². The van der Waals surface area contributed by atoms with Crippen LogP contribution in [0.15, 0.2) is 4.90 Å². The Kier molecular flexibility index (Phi) is 4.27. The molecule has 3 N–H and O–H groups in total. The van der Waals surface area contributed by atoms with Crippen molar-refractivity contribution in [1.82, 2.24) is 14.5 Å². The summed E-state index contributed by atoms with van der Waals surface area (Å²) in [6.07, 6.45) is 1.04. The van der Waals surface area contributed by atoms with Crippen molar-refractivity contribution in [3.8, 4) is 0 Å². The van der Waals surface area contributed by atoms with Gasteiger partial charge in [-0.1, -0.05) is 0 Å². The molecule has 1 aromatic heterocycles. The maximum Gasteiger partial charge on any atom is 0.246 e. The largest absolute Gasteiger partial charge is 0.381 e. The molecule has 0 aliphatic rings. The standard InChI is InChI=1S/C9H18N4O4S2/c1-6(5-18(4,14)15)12-19(16,17)8-7(2)13(3)11-9(8)10/h6,12H,5H2,1-4H3,(H2,10,11). The number of sulfonamides is 1. The van der Waals surface area contributed by atoms with Crippen molar-refractivity contribution in [3.63, 3.8) is 0 Å². The first-order chi connectivity index (χ1) is 8.44. The number of nitrogens with one attached hydrogen (secondary N) is 1. The third kappa shape index (κ3) is 3.91. The SMILES string of the molecule is Cc1c(S(=O)(=O)NC(C)CS(C)(=O)=O)c(N)nn1C. The summed E-state index contributed by atoms with van der Waals surface area (Å²) < 4.78 is 50.2. The van der Waals surface area contributed by atoms with Gasteiger partial charge in [0.25, 0.3) is 0 Å². The van der Waals surface area contributed by atoms with Crippen molar-refractivity contribution >= 4 is 25.7 Å². The summed E-state index contributed by atoms with van der Waals surface area (Å²) in [6, 6.07) is -0.751. The molecule has 0 aliphatic heterocycles. The topological polar surface area (TPSA) is 124 Å². The highest BCUT2D eigenvalue weighted by Gasteiger charge is 2.27. The number of rotatable bonds is 5. The Morgan fingerprint density at radius 3 is 2.26 bits per heavy atom. The van der Waals surface area contributed by atoms with Gasteiger partial charge in [0.05, 0.1) is 11.4 Å². The number of hydrogen-bond donors (Lipinski definition) is 2. The highest BCUT2D eigenvalue weighted by molar-refractivity contribution is 7.91. The molecule has 0 saturated carbocycles. The molecule has 10 heteroatoms. The Hall–Kier alpha value is -1.13. The lowest BCUT2D eigenvalue weighted by atomic mass is 10.4. The van der Waals surface area contributed by atoms with Crippen LogP contribution in [-0.4, -0.2) is 44.7 Å². The quantitative estimate of drug-likeness (QED) is 0.720. The molecule has 0 spiro atoms. The van der Waals surface area contributed by atoms with Crippen LogP contribution in [0, 0.1) is 6.92 Å². The van der Waals surface area contributed by atoms with E-state index in [0.29, 0.717) is 5.69 Å². The van der Waals surface area contributed by atoms with Crippen molar-refractivity contribution in [3.05, 3.63) is 5.69 Å². The van der Waals surface area contributed by atoms with Gasteiger partial charge in [-0.2, -0.15) is 5.10 Å². The second-order valence-electron chi connectivity index (χ2n) is 4.54. The highest BCUT2D eigenvalue weighted by atomic mass is 32.2. The molecule has 1 unspecified atom stereocenters. The predicted molar refractivity (Wildman–Crippen MR) is 71.9 cm³/mol. The van der Waals surface area contributed by atoms with Crippen LogP contribution >= 0.6 is 0 Å². The summed E-state index contributed by atoms with van der Waals surface area (Å²) in [5.41, 5.74) is 5.95. The smallest absolute Gasteiger partial charge is 0.246 e. The zero-order valence-electron chi connectivity index (χ0n) is 11.2. The fourth-order valence-corrected chi connectivity index (χ4v) is 4.42. The van der Waals surface area contributed by atoms with Crippen molar-refractivity contribution in [2.24, 2.45) is 7.05 Å². The van der Waals surface area contributed by atoms with Crippen LogP contribution in [0.25, 0.3) is 0 Å². The molecule has 1 heterocycles. The van der Waals surface area contributed by atoms with Crippen molar-refractivity contribution in [2.75, 3.05) is 17.7 Å². The zero-order chi connectivity index (χ0) is 15.0. The van der Waals surface area contributed by atoms with E-state index in [-0.39, 0.29) is 16.5 Å². The second kappa shape index (κ2) is 5.10. The molecule has 0 radical (unpaired) electrons. The van der Waals surface area contributed by atoms with E-state index in [4.69, 9.17) is 5.73 Å². The number of hydrogen-bond acceptors (Lipinski definition) is 6. The summed E-state index contributed by atoms with van der Waals surface area (Å²) in [5.74, 6) is -0.398. The van der Waals surface area contributed by atoms with Crippen molar-refractivity contribution < 1.29 is 16.8 Å². The molecule has 110 valence electrons. The summed E-state index contributed by atoms with van der Waals surface area (Å²) >= 11 is 0. The fraction of sp³-hybridized carbons (Fsp3) is 0.667. The molecule has 19 heavy (non-hydrogen) atoms. The normalized spacial score (nSPS) is 14.5. The van der Waals surface area contributed by atoms with E-state index in [1.165, 1.54) is 11.6 Å². The Bertz CT molecular complexity index is 675. The second-order valence-corrected chi connectivity index (χ2v) is 8.37. The van der Waals surface area contributed by atoms with Gasteiger partial charge in [-0.25, -0.2) is 21.6 Å². The third-order valence-corrected chi connectivity index (χ3v) is 5.34. The van der Waals surface area contributed by atoms with Crippen LogP contribution in [0.2, 0.25) is 0 Å². The van der Waals surface area contributed by atoms with E-state index in [9.17, 15) is 16.8 Å². The van der Waals surface area contributed by atoms with Crippen LogP contribution in [0.4, 0.5) is 5.82 Å². The number of sulfone groups is 1. The Morgan fingerprint density at radius 2 is 1.89 bits per heavy atom.